The number of carbonyl (C=O) groups is 1. The van der Waals surface area contributed by atoms with Crippen molar-refractivity contribution in [1.82, 2.24) is 10.2 Å². The third-order valence-corrected chi connectivity index (χ3v) is 5.52. The first kappa shape index (κ1) is 16.2. The van der Waals surface area contributed by atoms with Crippen LogP contribution in [0.25, 0.3) is 0 Å². The van der Waals surface area contributed by atoms with Gasteiger partial charge in [-0.15, -0.1) is 0 Å². The van der Waals surface area contributed by atoms with Gasteiger partial charge in [-0.25, -0.2) is 0 Å². The molecule has 4 heterocycles. The number of furan rings is 1. The number of ether oxygens (including phenoxy) is 1. The Morgan fingerprint density at radius 3 is 2.56 bits per heavy atom. The number of nitrogens with one attached hydrogen (secondary N) is 1. The molecule has 0 spiro atoms. The molecule has 1 aromatic carbocycles. The maximum atomic E-state index is 12.6. The van der Waals surface area contributed by atoms with Crippen LogP contribution in [0.5, 0.6) is 11.7 Å². The van der Waals surface area contributed by atoms with Crippen molar-refractivity contribution in [2.75, 3.05) is 13.1 Å². The first-order valence-corrected chi connectivity index (χ1v) is 8.98. The van der Waals surface area contributed by atoms with E-state index >= 15 is 0 Å². The Morgan fingerprint density at radius 1 is 1.24 bits per heavy atom. The monoisotopic (exact) mass is 340 g/mol. The number of hydrogen-bond acceptors (Lipinski definition) is 4. The number of fused-ring (bicyclic) bond motifs is 3. The van der Waals surface area contributed by atoms with Crippen LogP contribution in [0, 0.1) is 12.8 Å². The van der Waals surface area contributed by atoms with Crippen molar-refractivity contribution in [2.24, 2.45) is 5.92 Å². The highest BCUT2D eigenvalue weighted by Crippen LogP contribution is 2.32. The first-order chi connectivity index (χ1) is 12.1. The number of piperidine rings is 3. The molecule has 5 heteroatoms. The Hall–Kier alpha value is -2.27. The molecule has 2 bridgehead atoms. The molecule has 0 saturated carbocycles. The van der Waals surface area contributed by atoms with Crippen molar-refractivity contribution in [3.8, 4) is 11.7 Å². The Labute approximate surface area is 148 Å². The minimum atomic E-state index is -0.00834. The van der Waals surface area contributed by atoms with Crippen LogP contribution < -0.4 is 10.1 Å². The van der Waals surface area contributed by atoms with Gasteiger partial charge in [0, 0.05) is 23.7 Å². The normalized spacial score (nSPS) is 27.9. The van der Waals surface area contributed by atoms with Crippen LogP contribution in [0.1, 0.15) is 35.7 Å². The summed E-state index contributed by atoms with van der Waals surface area (Å²) in [6.45, 7) is 6.49. The average Bonchev–Trinajstić information content (AvgIpc) is 3.04. The average molecular weight is 340 g/mol. The minimum Gasteiger partial charge on any atom is -0.434 e. The summed E-state index contributed by atoms with van der Waals surface area (Å²) in [7, 11) is 0. The predicted octanol–water partition coefficient (Wildman–Crippen LogP) is 3.59. The van der Waals surface area contributed by atoms with Crippen LogP contribution in [0.3, 0.4) is 0 Å². The van der Waals surface area contributed by atoms with Gasteiger partial charge >= 0.3 is 0 Å². The summed E-state index contributed by atoms with van der Waals surface area (Å²) in [6, 6.07) is 9.69. The number of nitrogens with zero attached hydrogens (tertiary/aromatic N) is 1. The van der Waals surface area contributed by atoms with Gasteiger partial charge in [-0.2, -0.15) is 0 Å². The fourth-order valence-electron chi connectivity index (χ4n) is 4.03. The van der Waals surface area contributed by atoms with Crippen LogP contribution in [-0.2, 0) is 0 Å². The standard InChI is InChI=1S/C20H24N2O3/c1-13-11-18(24-12-13)25-17-5-3-16(4-6-17)20(23)21-19-14(2)22-9-7-15(19)8-10-22/h3-6,11-12,14-15,19H,7-10H2,1-2H3,(H,21,23). The minimum absolute atomic E-state index is 0.00834. The molecule has 3 aliphatic heterocycles. The second-order valence-electron chi connectivity index (χ2n) is 7.18. The summed E-state index contributed by atoms with van der Waals surface area (Å²) in [5.41, 5.74) is 1.67. The summed E-state index contributed by atoms with van der Waals surface area (Å²) in [5.74, 6) is 1.71. The Bertz CT molecular complexity index is 743. The lowest BCUT2D eigenvalue weighted by Crippen LogP contribution is -2.62. The number of hydrogen-bond donors (Lipinski definition) is 1. The van der Waals surface area contributed by atoms with Gasteiger partial charge in [0.1, 0.15) is 5.75 Å². The van der Waals surface area contributed by atoms with Crippen molar-refractivity contribution in [3.05, 3.63) is 47.7 Å². The van der Waals surface area contributed by atoms with Gasteiger partial charge in [-0.05, 0) is 75.5 Å². The molecular formula is C20H24N2O3. The first-order valence-electron chi connectivity index (χ1n) is 8.98. The number of carbonyl (C=O) groups excluding carboxylic acids is 1. The second-order valence-corrected chi connectivity index (χ2v) is 7.18. The van der Waals surface area contributed by atoms with Crippen LogP contribution in [-0.4, -0.2) is 36.0 Å². The molecule has 1 aromatic heterocycles. The van der Waals surface area contributed by atoms with E-state index in [1.165, 1.54) is 12.8 Å². The molecule has 132 valence electrons. The zero-order valence-electron chi connectivity index (χ0n) is 14.7. The van der Waals surface area contributed by atoms with Crippen LogP contribution >= 0.6 is 0 Å². The molecule has 0 aliphatic carbocycles. The topological polar surface area (TPSA) is 54.7 Å². The summed E-state index contributed by atoms with van der Waals surface area (Å²) < 4.78 is 10.9. The van der Waals surface area contributed by atoms with E-state index < -0.39 is 0 Å². The van der Waals surface area contributed by atoms with Gasteiger partial charge in [0.05, 0.1) is 6.26 Å². The molecule has 3 fully saturated rings. The van der Waals surface area contributed by atoms with Crippen molar-refractivity contribution >= 4 is 5.91 Å². The lowest BCUT2D eigenvalue weighted by Gasteiger charge is -2.49. The van der Waals surface area contributed by atoms with Gasteiger partial charge < -0.3 is 14.5 Å². The number of rotatable bonds is 4. The van der Waals surface area contributed by atoms with Crippen molar-refractivity contribution in [3.63, 3.8) is 0 Å². The molecule has 25 heavy (non-hydrogen) atoms. The number of benzene rings is 1. The summed E-state index contributed by atoms with van der Waals surface area (Å²) in [4.78, 5) is 15.1. The van der Waals surface area contributed by atoms with E-state index in [1.54, 1.807) is 30.5 Å². The van der Waals surface area contributed by atoms with E-state index in [1.807, 2.05) is 13.0 Å². The van der Waals surface area contributed by atoms with Crippen molar-refractivity contribution in [1.29, 1.82) is 0 Å². The van der Waals surface area contributed by atoms with Gasteiger partial charge in [0.15, 0.2) is 0 Å². The molecule has 2 atom stereocenters. The molecule has 1 N–H and O–H groups in total. The summed E-state index contributed by atoms with van der Waals surface area (Å²) in [5, 5.41) is 3.25. The lowest BCUT2D eigenvalue weighted by atomic mass is 9.79. The maximum absolute atomic E-state index is 12.6. The highest BCUT2D eigenvalue weighted by molar-refractivity contribution is 5.94. The zero-order valence-corrected chi connectivity index (χ0v) is 14.7. The Balaban J connectivity index is 1.40. The third-order valence-electron chi connectivity index (χ3n) is 5.52. The molecular weight excluding hydrogens is 316 g/mol. The molecule has 1 amide bonds. The molecule has 5 nitrogen and oxygen atoms in total. The number of amides is 1. The Kier molecular flexibility index (Phi) is 4.25. The molecule has 3 aliphatic rings. The zero-order chi connectivity index (χ0) is 17.4. The fourth-order valence-corrected chi connectivity index (χ4v) is 4.03. The molecule has 2 aromatic rings. The quantitative estimate of drug-likeness (QED) is 0.924. The predicted molar refractivity (Wildman–Crippen MR) is 95.0 cm³/mol. The molecule has 2 unspecified atom stereocenters. The van der Waals surface area contributed by atoms with E-state index in [0.29, 0.717) is 29.2 Å². The SMILES string of the molecule is Cc1coc(Oc2ccc(C(=O)NC3C4CCN(CC4)C3C)cc2)c1. The van der Waals surface area contributed by atoms with Crippen LogP contribution in [0.4, 0.5) is 0 Å². The van der Waals surface area contributed by atoms with E-state index in [-0.39, 0.29) is 11.9 Å². The number of aryl methyl sites for hydroxylation is 1. The van der Waals surface area contributed by atoms with Crippen LogP contribution in [0.2, 0.25) is 0 Å². The van der Waals surface area contributed by atoms with Gasteiger partial charge in [-0.1, -0.05) is 0 Å². The van der Waals surface area contributed by atoms with Gasteiger partial charge in [0.25, 0.3) is 11.9 Å². The summed E-state index contributed by atoms with van der Waals surface area (Å²) in [6.07, 6.45) is 4.02. The largest absolute Gasteiger partial charge is 0.434 e. The third kappa shape index (κ3) is 3.29. The Morgan fingerprint density at radius 2 is 1.96 bits per heavy atom. The summed E-state index contributed by atoms with van der Waals surface area (Å²) >= 11 is 0. The van der Waals surface area contributed by atoms with E-state index in [9.17, 15) is 4.79 Å². The van der Waals surface area contributed by atoms with Crippen molar-refractivity contribution in [2.45, 2.75) is 38.8 Å². The highest BCUT2D eigenvalue weighted by atomic mass is 16.6. The second kappa shape index (κ2) is 6.56. The van der Waals surface area contributed by atoms with E-state index in [4.69, 9.17) is 9.15 Å². The van der Waals surface area contributed by atoms with E-state index in [0.717, 1.165) is 18.7 Å². The molecule has 0 radical (unpaired) electrons. The molecule has 5 rings (SSSR count). The lowest BCUT2D eigenvalue weighted by molar-refractivity contribution is 0.0217. The smallest absolute Gasteiger partial charge is 0.290 e. The highest BCUT2D eigenvalue weighted by Gasteiger charge is 2.40. The van der Waals surface area contributed by atoms with Gasteiger partial charge in [-0.3, -0.25) is 9.69 Å². The van der Waals surface area contributed by atoms with E-state index in [2.05, 4.69) is 17.1 Å². The van der Waals surface area contributed by atoms with Crippen LogP contribution in [0.15, 0.2) is 41.0 Å². The fraction of sp³-hybridized carbons (Fsp3) is 0.450. The molecule has 3 saturated heterocycles. The van der Waals surface area contributed by atoms with Crippen molar-refractivity contribution < 1.29 is 13.9 Å². The maximum Gasteiger partial charge on any atom is 0.290 e. The van der Waals surface area contributed by atoms with Gasteiger partial charge in [0.2, 0.25) is 0 Å².